The van der Waals surface area contributed by atoms with Gasteiger partial charge in [-0.25, -0.2) is 13.1 Å². The summed E-state index contributed by atoms with van der Waals surface area (Å²) in [4.78, 5) is 2.90. The zero-order chi connectivity index (χ0) is 16.9. The Morgan fingerprint density at radius 2 is 1.57 bits per heavy atom. The normalized spacial score (nSPS) is 12.4. The Morgan fingerprint density at radius 1 is 1.04 bits per heavy atom. The summed E-state index contributed by atoms with van der Waals surface area (Å²) in [6.45, 7) is 3.84. The highest BCUT2D eigenvalue weighted by Crippen LogP contribution is 2.19. The lowest BCUT2D eigenvalue weighted by Gasteiger charge is -2.17. The summed E-state index contributed by atoms with van der Waals surface area (Å²) in [7, 11) is -3.70. The number of hydrogen-bond donors (Lipinski definition) is 1. The Labute approximate surface area is 135 Å². The van der Waals surface area contributed by atoms with Gasteiger partial charge >= 0.3 is 0 Å². The van der Waals surface area contributed by atoms with Gasteiger partial charge in [0.15, 0.2) is 0 Å². The molecular formula is C16H18N4O2S. The van der Waals surface area contributed by atoms with E-state index >= 15 is 0 Å². The maximum absolute atomic E-state index is 12.5. The Balaban J connectivity index is 2.31. The van der Waals surface area contributed by atoms with Crippen molar-refractivity contribution in [2.24, 2.45) is 5.11 Å². The van der Waals surface area contributed by atoms with Gasteiger partial charge < -0.3 is 0 Å². The van der Waals surface area contributed by atoms with E-state index in [1.165, 1.54) is 0 Å². The molecule has 2 aromatic rings. The molecule has 0 saturated heterocycles. The molecule has 0 fully saturated rings. The molecule has 1 atom stereocenters. The molecule has 0 amide bonds. The van der Waals surface area contributed by atoms with Crippen molar-refractivity contribution in [1.29, 1.82) is 0 Å². The van der Waals surface area contributed by atoms with Crippen molar-refractivity contribution in [2.45, 2.75) is 24.8 Å². The average Bonchev–Trinajstić information content (AvgIpc) is 2.52. The van der Waals surface area contributed by atoms with Crippen molar-refractivity contribution in [2.75, 3.05) is 6.54 Å². The van der Waals surface area contributed by atoms with Crippen LogP contribution in [0.3, 0.4) is 0 Å². The second kappa shape index (κ2) is 7.28. The molecule has 0 aliphatic heterocycles. The third-order valence-corrected chi connectivity index (χ3v) is 4.92. The number of rotatable bonds is 6. The van der Waals surface area contributed by atoms with Gasteiger partial charge in [0.2, 0.25) is 10.0 Å². The molecule has 0 aliphatic carbocycles. The SMILES string of the molecule is Cc1ccc(C(CN=[N+]=[N-])NS(=O)(=O)c2ccc(C)cc2)cc1. The maximum atomic E-state index is 12.5. The molecule has 23 heavy (non-hydrogen) atoms. The topological polar surface area (TPSA) is 94.9 Å². The third kappa shape index (κ3) is 4.56. The molecule has 0 spiro atoms. The monoisotopic (exact) mass is 330 g/mol. The highest BCUT2D eigenvalue weighted by molar-refractivity contribution is 7.89. The van der Waals surface area contributed by atoms with Crippen LogP contribution in [0.2, 0.25) is 0 Å². The number of sulfonamides is 1. The number of benzene rings is 2. The quantitative estimate of drug-likeness (QED) is 0.497. The Hall–Kier alpha value is -2.34. The molecule has 0 heterocycles. The van der Waals surface area contributed by atoms with Crippen LogP contribution in [0, 0.1) is 13.8 Å². The predicted octanol–water partition coefficient (Wildman–Crippen LogP) is 3.63. The van der Waals surface area contributed by atoms with E-state index < -0.39 is 16.1 Å². The van der Waals surface area contributed by atoms with E-state index in [2.05, 4.69) is 14.7 Å². The minimum Gasteiger partial charge on any atom is -0.207 e. The van der Waals surface area contributed by atoms with Gasteiger partial charge in [-0.1, -0.05) is 52.6 Å². The highest BCUT2D eigenvalue weighted by Gasteiger charge is 2.20. The highest BCUT2D eigenvalue weighted by atomic mass is 32.2. The Morgan fingerprint density at radius 3 is 2.09 bits per heavy atom. The van der Waals surface area contributed by atoms with Crippen molar-refractivity contribution < 1.29 is 8.42 Å². The summed E-state index contributed by atoms with van der Waals surface area (Å²) >= 11 is 0. The van der Waals surface area contributed by atoms with Gasteiger partial charge in [0.1, 0.15) is 0 Å². The van der Waals surface area contributed by atoms with Crippen LogP contribution < -0.4 is 4.72 Å². The van der Waals surface area contributed by atoms with Crippen molar-refractivity contribution in [1.82, 2.24) is 4.72 Å². The smallest absolute Gasteiger partial charge is 0.207 e. The largest absolute Gasteiger partial charge is 0.241 e. The van der Waals surface area contributed by atoms with Gasteiger partial charge in [-0.3, -0.25) is 0 Å². The Bertz CT molecular complexity index is 808. The molecule has 120 valence electrons. The summed E-state index contributed by atoms with van der Waals surface area (Å²) in [6, 6.07) is 13.4. The van der Waals surface area contributed by atoms with E-state index in [-0.39, 0.29) is 11.4 Å². The molecule has 0 aromatic heterocycles. The van der Waals surface area contributed by atoms with Gasteiger partial charge in [-0.2, -0.15) is 0 Å². The van der Waals surface area contributed by atoms with Gasteiger partial charge in [0.25, 0.3) is 0 Å². The van der Waals surface area contributed by atoms with Gasteiger partial charge in [0.05, 0.1) is 10.9 Å². The summed E-state index contributed by atoms with van der Waals surface area (Å²) in [5.41, 5.74) is 11.3. The molecule has 0 radical (unpaired) electrons. The van der Waals surface area contributed by atoms with Crippen LogP contribution in [0.1, 0.15) is 22.7 Å². The zero-order valence-electron chi connectivity index (χ0n) is 13.0. The van der Waals surface area contributed by atoms with E-state index in [1.54, 1.807) is 24.3 Å². The fourth-order valence-corrected chi connectivity index (χ4v) is 3.32. The van der Waals surface area contributed by atoms with Gasteiger partial charge in [-0.15, -0.1) is 0 Å². The van der Waals surface area contributed by atoms with E-state index in [4.69, 9.17) is 5.53 Å². The van der Waals surface area contributed by atoms with E-state index in [0.29, 0.717) is 0 Å². The fraction of sp³-hybridized carbons (Fsp3) is 0.250. The third-order valence-electron chi connectivity index (χ3n) is 3.44. The van der Waals surface area contributed by atoms with Crippen LogP contribution in [-0.2, 0) is 10.0 Å². The standard InChI is InChI=1S/C16H18N4O2S/c1-12-3-7-14(8-4-12)16(11-18-20-17)19-23(21,22)15-9-5-13(2)6-10-15/h3-10,16,19H,11H2,1-2H3. The molecule has 0 bridgehead atoms. The Kier molecular flexibility index (Phi) is 5.39. The zero-order valence-corrected chi connectivity index (χ0v) is 13.8. The predicted molar refractivity (Wildman–Crippen MR) is 89.4 cm³/mol. The van der Waals surface area contributed by atoms with Gasteiger partial charge in [-0.05, 0) is 37.1 Å². The molecule has 6 nitrogen and oxygen atoms in total. The lowest BCUT2D eigenvalue weighted by Crippen LogP contribution is -2.30. The van der Waals surface area contributed by atoms with Crippen molar-refractivity contribution in [3.8, 4) is 0 Å². The molecule has 1 N–H and O–H groups in total. The van der Waals surface area contributed by atoms with Crippen LogP contribution >= 0.6 is 0 Å². The molecule has 1 unspecified atom stereocenters. The molecular weight excluding hydrogens is 312 g/mol. The number of azide groups is 1. The van der Waals surface area contributed by atoms with E-state index in [9.17, 15) is 8.42 Å². The molecule has 2 aromatic carbocycles. The summed E-state index contributed by atoms with van der Waals surface area (Å²) in [5.74, 6) is 0. The fourth-order valence-electron chi connectivity index (χ4n) is 2.10. The first-order valence-electron chi connectivity index (χ1n) is 7.09. The van der Waals surface area contributed by atoms with Gasteiger partial charge in [0, 0.05) is 11.5 Å². The number of aryl methyl sites for hydroxylation is 2. The first-order valence-corrected chi connectivity index (χ1v) is 8.57. The molecule has 7 heteroatoms. The first kappa shape index (κ1) is 17.0. The number of nitrogens with zero attached hydrogens (tertiary/aromatic N) is 3. The molecule has 2 rings (SSSR count). The number of nitrogens with one attached hydrogen (secondary N) is 1. The second-order valence-electron chi connectivity index (χ2n) is 5.31. The number of hydrogen-bond acceptors (Lipinski definition) is 3. The molecule has 0 saturated carbocycles. The summed E-state index contributed by atoms with van der Waals surface area (Å²) < 4.78 is 27.6. The first-order chi connectivity index (χ1) is 10.9. The van der Waals surface area contributed by atoms with E-state index in [0.717, 1.165) is 16.7 Å². The van der Waals surface area contributed by atoms with Crippen molar-refractivity contribution >= 4 is 10.0 Å². The average molecular weight is 330 g/mol. The minimum atomic E-state index is -3.70. The summed E-state index contributed by atoms with van der Waals surface area (Å²) in [6.07, 6.45) is 0. The molecule has 0 aliphatic rings. The van der Waals surface area contributed by atoms with Crippen LogP contribution in [0.5, 0.6) is 0 Å². The summed E-state index contributed by atoms with van der Waals surface area (Å²) in [5, 5.41) is 3.52. The minimum absolute atomic E-state index is 0.00462. The van der Waals surface area contributed by atoms with Crippen LogP contribution in [0.15, 0.2) is 58.5 Å². The van der Waals surface area contributed by atoms with Crippen molar-refractivity contribution in [3.05, 3.63) is 75.7 Å². The lowest BCUT2D eigenvalue weighted by molar-refractivity contribution is 0.558. The van der Waals surface area contributed by atoms with Crippen LogP contribution in [-0.4, -0.2) is 15.0 Å². The van der Waals surface area contributed by atoms with Crippen molar-refractivity contribution in [3.63, 3.8) is 0 Å². The van der Waals surface area contributed by atoms with Crippen LogP contribution in [0.4, 0.5) is 0 Å². The van der Waals surface area contributed by atoms with E-state index in [1.807, 2.05) is 38.1 Å². The maximum Gasteiger partial charge on any atom is 0.241 e. The lowest BCUT2D eigenvalue weighted by atomic mass is 10.1. The van der Waals surface area contributed by atoms with Crippen LogP contribution in [0.25, 0.3) is 10.4 Å². The second-order valence-corrected chi connectivity index (χ2v) is 7.03.